The monoisotopic (exact) mass is 223 g/mol. The Balaban J connectivity index is 2.69. The van der Waals surface area contributed by atoms with Crippen molar-refractivity contribution >= 4 is 0 Å². The zero-order valence-electron chi connectivity index (χ0n) is 10.1. The molecule has 1 aromatic heterocycles. The fourth-order valence-electron chi connectivity index (χ4n) is 1.79. The molecule has 1 rings (SSSR count). The summed E-state index contributed by atoms with van der Waals surface area (Å²) < 4.78 is 5.04. The molecule has 0 aromatic carbocycles. The number of nitrogens with two attached hydrogens (primary N) is 1. The first-order valence-corrected chi connectivity index (χ1v) is 5.72. The molecule has 4 heteroatoms. The lowest BCUT2D eigenvalue weighted by atomic mass is 10.0. The van der Waals surface area contributed by atoms with Crippen LogP contribution in [0.4, 0.5) is 0 Å². The van der Waals surface area contributed by atoms with Crippen LogP contribution in [-0.2, 0) is 11.2 Å². The molecule has 4 nitrogen and oxygen atoms in total. The van der Waals surface area contributed by atoms with Crippen LogP contribution in [0.5, 0.6) is 0 Å². The van der Waals surface area contributed by atoms with Crippen LogP contribution in [-0.4, -0.2) is 18.7 Å². The molecule has 3 N–H and O–H groups in total. The highest BCUT2D eigenvalue weighted by atomic mass is 16.5. The highest BCUT2D eigenvalue weighted by molar-refractivity contribution is 5.22. The van der Waals surface area contributed by atoms with Crippen molar-refractivity contribution in [3.8, 4) is 0 Å². The number of rotatable bonds is 7. The van der Waals surface area contributed by atoms with Gasteiger partial charge in [0.25, 0.3) is 0 Å². The summed E-state index contributed by atoms with van der Waals surface area (Å²) in [5.74, 6) is 5.58. The minimum Gasteiger partial charge on any atom is -0.385 e. The predicted octanol–water partition coefficient (Wildman–Crippen LogP) is 1.57. The molecule has 1 aromatic rings. The highest BCUT2D eigenvalue weighted by Gasteiger charge is 2.13. The lowest BCUT2D eigenvalue weighted by Crippen LogP contribution is -2.29. The van der Waals surface area contributed by atoms with Crippen molar-refractivity contribution in [2.75, 3.05) is 13.7 Å². The van der Waals surface area contributed by atoms with Gasteiger partial charge in [0.05, 0.1) is 11.7 Å². The number of hydrogen-bond acceptors (Lipinski definition) is 4. The zero-order valence-corrected chi connectivity index (χ0v) is 10.1. The summed E-state index contributed by atoms with van der Waals surface area (Å²) in [6.07, 6.45) is 4.71. The van der Waals surface area contributed by atoms with Gasteiger partial charge in [0, 0.05) is 19.9 Å². The highest BCUT2D eigenvalue weighted by Crippen LogP contribution is 2.19. The maximum Gasteiger partial charge on any atom is 0.0635 e. The molecule has 0 bridgehead atoms. The average molecular weight is 223 g/mol. The van der Waals surface area contributed by atoms with Crippen molar-refractivity contribution in [3.05, 3.63) is 29.6 Å². The van der Waals surface area contributed by atoms with Crippen molar-refractivity contribution in [2.24, 2.45) is 5.84 Å². The van der Waals surface area contributed by atoms with E-state index >= 15 is 0 Å². The quantitative estimate of drug-likeness (QED) is 0.418. The lowest BCUT2D eigenvalue weighted by Gasteiger charge is -2.17. The predicted molar refractivity (Wildman–Crippen MR) is 64.8 cm³/mol. The Morgan fingerprint density at radius 3 is 3.00 bits per heavy atom. The maximum atomic E-state index is 5.58. The number of aromatic nitrogens is 1. The smallest absolute Gasteiger partial charge is 0.0635 e. The molecule has 0 aliphatic carbocycles. The van der Waals surface area contributed by atoms with Crippen molar-refractivity contribution in [1.29, 1.82) is 0 Å². The van der Waals surface area contributed by atoms with Gasteiger partial charge in [-0.15, -0.1) is 0 Å². The van der Waals surface area contributed by atoms with Crippen molar-refractivity contribution in [2.45, 2.75) is 32.2 Å². The number of nitrogens with zero attached hydrogens (tertiary/aromatic N) is 1. The third-order valence-electron chi connectivity index (χ3n) is 2.68. The standard InChI is InChI=1S/C12H21N3O/c1-3-10-6-4-8-14-12(10)11(15-13)7-5-9-16-2/h4,6,8,11,15H,3,5,7,9,13H2,1-2H3. The molecule has 0 aliphatic heterocycles. The Morgan fingerprint density at radius 1 is 1.56 bits per heavy atom. The third kappa shape index (κ3) is 3.56. The van der Waals surface area contributed by atoms with Gasteiger partial charge in [0.1, 0.15) is 0 Å². The SMILES string of the molecule is CCc1cccnc1C(CCCOC)NN. The number of aryl methyl sites for hydroxylation is 1. The van der Waals surface area contributed by atoms with Crippen LogP contribution in [0.25, 0.3) is 0 Å². The Morgan fingerprint density at radius 2 is 2.38 bits per heavy atom. The van der Waals surface area contributed by atoms with Crippen LogP contribution in [0.3, 0.4) is 0 Å². The number of ether oxygens (including phenoxy) is 1. The lowest BCUT2D eigenvalue weighted by molar-refractivity contribution is 0.188. The molecule has 1 unspecified atom stereocenters. The number of nitrogens with one attached hydrogen (secondary N) is 1. The topological polar surface area (TPSA) is 60.2 Å². The van der Waals surface area contributed by atoms with Gasteiger partial charge < -0.3 is 4.74 Å². The molecular formula is C12H21N3O. The second-order valence-corrected chi connectivity index (χ2v) is 3.76. The molecule has 90 valence electrons. The molecule has 0 amide bonds. The van der Waals surface area contributed by atoms with Gasteiger partial charge in [0.15, 0.2) is 0 Å². The minimum absolute atomic E-state index is 0.117. The van der Waals surface area contributed by atoms with E-state index in [-0.39, 0.29) is 6.04 Å². The van der Waals surface area contributed by atoms with E-state index in [0.717, 1.165) is 31.6 Å². The Bertz CT molecular complexity index is 304. The molecule has 1 atom stereocenters. The van der Waals surface area contributed by atoms with Gasteiger partial charge in [-0.05, 0) is 30.9 Å². The first kappa shape index (κ1) is 13.1. The number of pyridine rings is 1. The number of methoxy groups -OCH3 is 1. The second kappa shape index (κ2) is 7.33. The molecule has 0 radical (unpaired) electrons. The molecule has 0 saturated heterocycles. The summed E-state index contributed by atoms with van der Waals surface area (Å²) in [5, 5.41) is 0. The van der Waals surface area contributed by atoms with Gasteiger partial charge in [-0.3, -0.25) is 16.3 Å². The van der Waals surface area contributed by atoms with E-state index in [1.54, 1.807) is 7.11 Å². The Labute approximate surface area is 97.2 Å². The molecule has 0 saturated carbocycles. The largest absolute Gasteiger partial charge is 0.385 e. The molecule has 1 heterocycles. The van der Waals surface area contributed by atoms with E-state index < -0.39 is 0 Å². The molecule has 16 heavy (non-hydrogen) atoms. The second-order valence-electron chi connectivity index (χ2n) is 3.76. The number of hydrazine groups is 1. The summed E-state index contributed by atoms with van der Waals surface area (Å²) in [6, 6.07) is 4.18. The van der Waals surface area contributed by atoms with Gasteiger partial charge in [0.2, 0.25) is 0 Å². The third-order valence-corrected chi connectivity index (χ3v) is 2.68. The van der Waals surface area contributed by atoms with E-state index in [4.69, 9.17) is 10.6 Å². The van der Waals surface area contributed by atoms with Crippen LogP contribution >= 0.6 is 0 Å². The van der Waals surface area contributed by atoms with Gasteiger partial charge >= 0.3 is 0 Å². The summed E-state index contributed by atoms with van der Waals surface area (Å²) in [7, 11) is 1.71. The van der Waals surface area contributed by atoms with E-state index in [9.17, 15) is 0 Å². The summed E-state index contributed by atoms with van der Waals surface area (Å²) >= 11 is 0. The minimum atomic E-state index is 0.117. The van der Waals surface area contributed by atoms with E-state index in [1.807, 2.05) is 12.3 Å². The van der Waals surface area contributed by atoms with Gasteiger partial charge in [-0.1, -0.05) is 13.0 Å². The van der Waals surface area contributed by atoms with Crippen LogP contribution < -0.4 is 11.3 Å². The van der Waals surface area contributed by atoms with Crippen molar-refractivity contribution < 1.29 is 4.74 Å². The first-order chi connectivity index (χ1) is 7.83. The zero-order chi connectivity index (χ0) is 11.8. The number of hydrogen-bond donors (Lipinski definition) is 2. The van der Waals surface area contributed by atoms with Crippen molar-refractivity contribution in [3.63, 3.8) is 0 Å². The van der Waals surface area contributed by atoms with E-state index in [1.165, 1.54) is 5.56 Å². The molecule has 0 fully saturated rings. The average Bonchev–Trinajstić information content (AvgIpc) is 2.35. The normalized spacial score (nSPS) is 12.7. The Kier molecular flexibility index (Phi) is 6.00. The van der Waals surface area contributed by atoms with E-state index in [2.05, 4.69) is 23.4 Å². The first-order valence-electron chi connectivity index (χ1n) is 5.72. The fraction of sp³-hybridized carbons (Fsp3) is 0.583. The van der Waals surface area contributed by atoms with E-state index in [0.29, 0.717) is 0 Å². The Hall–Kier alpha value is -0.970. The van der Waals surface area contributed by atoms with Gasteiger partial charge in [-0.25, -0.2) is 0 Å². The summed E-state index contributed by atoms with van der Waals surface area (Å²) in [4.78, 5) is 4.42. The van der Waals surface area contributed by atoms with Crippen LogP contribution in [0.1, 0.15) is 37.1 Å². The fourth-order valence-corrected chi connectivity index (χ4v) is 1.79. The van der Waals surface area contributed by atoms with Crippen LogP contribution in [0.2, 0.25) is 0 Å². The summed E-state index contributed by atoms with van der Waals surface area (Å²) in [6.45, 7) is 2.88. The summed E-state index contributed by atoms with van der Waals surface area (Å²) in [5.41, 5.74) is 5.15. The molecule has 0 aliphatic rings. The van der Waals surface area contributed by atoms with Crippen LogP contribution in [0, 0.1) is 0 Å². The maximum absolute atomic E-state index is 5.58. The molecular weight excluding hydrogens is 202 g/mol. The molecule has 0 spiro atoms. The van der Waals surface area contributed by atoms with Crippen molar-refractivity contribution in [1.82, 2.24) is 10.4 Å². The van der Waals surface area contributed by atoms with Gasteiger partial charge in [-0.2, -0.15) is 0 Å². The van der Waals surface area contributed by atoms with Crippen LogP contribution in [0.15, 0.2) is 18.3 Å².